The number of thioether (sulfide) groups is 1. The molecule has 100 valence electrons. The Morgan fingerprint density at radius 2 is 1.76 bits per heavy atom. The van der Waals surface area contributed by atoms with Crippen molar-refractivity contribution in [3.05, 3.63) is 0 Å². The van der Waals surface area contributed by atoms with E-state index in [9.17, 15) is 4.79 Å². The minimum absolute atomic E-state index is 0. The van der Waals surface area contributed by atoms with Crippen LogP contribution in [0.1, 0.15) is 38.5 Å². The van der Waals surface area contributed by atoms with E-state index in [0.29, 0.717) is 0 Å². The summed E-state index contributed by atoms with van der Waals surface area (Å²) < 4.78 is 0. The lowest BCUT2D eigenvalue weighted by atomic mass is 9.81. The highest BCUT2D eigenvalue weighted by Crippen LogP contribution is 2.28. The molecule has 1 saturated heterocycles. The van der Waals surface area contributed by atoms with Crippen molar-refractivity contribution >= 4 is 30.1 Å². The number of halogens is 1. The molecule has 17 heavy (non-hydrogen) atoms. The molecule has 1 saturated carbocycles. The maximum Gasteiger partial charge on any atom is 0.242 e. The predicted octanol–water partition coefficient (Wildman–Crippen LogP) is 2.04. The summed E-state index contributed by atoms with van der Waals surface area (Å²) in [5, 5.41) is 0. The van der Waals surface area contributed by atoms with Crippen LogP contribution in [0.25, 0.3) is 0 Å². The predicted molar refractivity (Wildman–Crippen MR) is 75.8 cm³/mol. The molecule has 0 aromatic carbocycles. The lowest BCUT2D eigenvalue weighted by molar-refractivity contribution is -0.138. The Labute approximate surface area is 114 Å². The molecule has 3 nitrogen and oxygen atoms in total. The zero-order valence-electron chi connectivity index (χ0n) is 10.3. The molecule has 0 radical (unpaired) electrons. The normalized spacial score (nSPS) is 24.6. The quantitative estimate of drug-likeness (QED) is 0.798. The average Bonchev–Trinajstić information content (AvgIpc) is 2.57. The molecule has 0 unspecified atom stereocenters. The largest absolute Gasteiger partial charge is 0.340 e. The standard InChI is InChI=1S/C12H22N2OS.ClH/c13-12(5-2-1-3-6-12)11(15)14-7-4-9-16-10-8-14;/h1-10,13H2;1H. The monoisotopic (exact) mass is 278 g/mol. The lowest BCUT2D eigenvalue weighted by Gasteiger charge is -2.36. The first-order chi connectivity index (χ1) is 7.72. The van der Waals surface area contributed by atoms with E-state index in [-0.39, 0.29) is 18.3 Å². The van der Waals surface area contributed by atoms with Crippen LogP contribution in [0.4, 0.5) is 0 Å². The van der Waals surface area contributed by atoms with Gasteiger partial charge in [-0.15, -0.1) is 12.4 Å². The summed E-state index contributed by atoms with van der Waals surface area (Å²) >= 11 is 1.95. The van der Waals surface area contributed by atoms with E-state index in [0.717, 1.165) is 50.9 Å². The van der Waals surface area contributed by atoms with Gasteiger partial charge in [0.1, 0.15) is 0 Å². The van der Waals surface area contributed by atoms with Gasteiger partial charge in [-0.25, -0.2) is 0 Å². The number of carbonyl (C=O) groups is 1. The van der Waals surface area contributed by atoms with Gasteiger partial charge in [0.2, 0.25) is 5.91 Å². The molecule has 0 aromatic rings. The molecular formula is C12H23ClN2OS. The summed E-state index contributed by atoms with van der Waals surface area (Å²) in [4.78, 5) is 14.4. The van der Waals surface area contributed by atoms with Crippen molar-refractivity contribution in [2.24, 2.45) is 5.73 Å². The topological polar surface area (TPSA) is 46.3 Å². The lowest BCUT2D eigenvalue weighted by Crippen LogP contribution is -2.56. The molecule has 1 amide bonds. The fourth-order valence-corrected chi connectivity index (χ4v) is 3.55. The smallest absolute Gasteiger partial charge is 0.242 e. The van der Waals surface area contributed by atoms with Crippen molar-refractivity contribution in [1.29, 1.82) is 0 Å². The first-order valence-electron chi connectivity index (χ1n) is 6.38. The molecule has 1 heterocycles. The first-order valence-corrected chi connectivity index (χ1v) is 7.54. The number of amides is 1. The van der Waals surface area contributed by atoms with Crippen molar-refractivity contribution in [3.8, 4) is 0 Å². The van der Waals surface area contributed by atoms with Gasteiger partial charge in [0.05, 0.1) is 5.54 Å². The molecule has 0 spiro atoms. The van der Waals surface area contributed by atoms with Crippen LogP contribution < -0.4 is 5.73 Å². The van der Waals surface area contributed by atoms with Gasteiger partial charge < -0.3 is 10.6 Å². The molecule has 0 aromatic heterocycles. The van der Waals surface area contributed by atoms with E-state index < -0.39 is 5.54 Å². The van der Waals surface area contributed by atoms with Crippen LogP contribution in [0.15, 0.2) is 0 Å². The summed E-state index contributed by atoms with van der Waals surface area (Å²) in [7, 11) is 0. The SMILES string of the molecule is Cl.NC1(C(=O)N2CCCSCC2)CCCCC1. The molecule has 5 heteroatoms. The minimum atomic E-state index is -0.534. The number of nitrogens with zero attached hydrogens (tertiary/aromatic N) is 1. The van der Waals surface area contributed by atoms with Gasteiger partial charge in [0.25, 0.3) is 0 Å². The van der Waals surface area contributed by atoms with Gasteiger partial charge >= 0.3 is 0 Å². The zero-order valence-corrected chi connectivity index (χ0v) is 12.0. The Hall–Kier alpha value is 0.0700. The Kier molecular flexibility index (Phi) is 6.10. The summed E-state index contributed by atoms with van der Waals surface area (Å²) in [6.07, 6.45) is 6.36. The van der Waals surface area contributed by atoms with Crippen LogP contribution in [0.5, 0.6) is 0 Å². The van der Waals surface area contributed by atoms with Crippen molar-refractivity contribution in [2.45, 2.75) is 44.1 Å². The second-order valence-electron chi connectivity index (χ2n) is 4.97. The number of hydrogen-bond acceptors (Lipinski definition) is 3. The molecule has 2 fully saturated rings. The fraction of sp³-hybridized carbons (Fsp3) is 0.917. The first kappa shape index (κ1) is 15.1. The molecule has 1 aliphatic carbocycles. The molecule has 2 aliphatic rings. The molecule has 1 aliphatic heterocycles. The van der Waals surface area contributed by atoms with Crippen LogP contribution in [-0.4, -0.2) is 40.9 Å². The number of nitrogens with two attached hydrogens (primary N) is 1. The highest BCUT2D eigenvalue weighted by atomic mass is 35.5. The van der Waals surface area contributed by atoms with Gasteiger partial charge in [0.15, 0.2) is 0 Å². The average molecular weight is 279 g/mol. The maximum absolute atomic E-state index is 12.4. The Bertz CT molecular complexity index is 249. The summed E-state index contributed by atoms with van der Waals surface area (Å²) in [6.45, 7) is 1.80. The highest BCUT2D eigenvalue weighted by molar-refractivity contribution is 7.99. The van der Waals surface area contributed by atoms with Crippen LogP contribution >= 0.6 is 24.2 Å². The van der Waals surface area contributed by atoms with Crippen LogP contribution in [0.2, 0.25) is 0 Å². The molecule has 0 atom stereocenters. The van der Waals surface area contributed by atoms with Crippen LogP contribution in [0.3, 0.4) is 0 Å². The number of rotatable bonds is 1. The highest BCUT2D eigenvalue weighted by Gasteiger charge is 2.38. The third-order valence-corrected chi connectivity index (χ3v) is 4.73. The second-order valence-corrected chi connectivity index (χ2v) is 6.20. The molecule has 2 N–H and O–H groups in total. The van der Waals surface area contributed by atoms with E-state index in [1.807, 2.05) is 16.7 Å². The van der Waals surface area contributed by atoms with Crippen molar-refractivity contribution in [3.63, 3.8) is 0 Å². The summed E-state index contributed by atoms with van der Waals surface area (Å²) in [6, 6.07) is 0. The van der Waals surface area contributed by atoms with Gasteiger partial charge in [-0.1, -0.05) is 19.3 Å². The third kappa shape index (κ3) is 3.76. The Balaban J connectivity index is 0.00000144. The second kappa shape index (κ2) is 6.86. The van der Waals surface area contributed by atoms with Crippen LogP contribution in [-0.2, 0) is 4.79 Å². The fourth-order valence-electron chi connectivity index (χ4n) is 2.66. The van der Waals surface area contributed by atoms with E-state index >= 15 is 0 Å². The van der Waals surface area contributed by atoms with Gasteiger partial charge in [-0.2, -0.15) is 11.8 Å². The maximum atomic E-state index is 12.4. The molecule has 2 rings (SSSR count). The zero-order chi connectivity index (χ0) is 11.4. The van der Waals surface area contributed by atoms with Crippen LogP contribution in [0, 0.1) is 0 Å². The van der Waals surface area contributed by atoms with E-state index in [2.05, 4.69) is 0 Å². The Morgan fingerprint density at radius 1 is 1.06 bits per heavy atom. The van der Waals surface area contributed by atoms with Crippen molar-refractivity contribution < 1.29 is 4.79 Å². The minimum Gasteiger partial charge on any atom is -0.340 e. The third-order valence-electron chi connectivity index (χ3n) is 3.68. The van der Waals surface area contributed by atoms with Gasteiger partial charge in [0, 0.05) is 18.8 Å². The number of carbonyl (C=O) groups excluding carboxylic acids is 1. The van der Waals surface area contributed by atoms with Gasteiger partial charge in [-0.05, 0) is 25.0 Å². The van der Waals surface area contributed by atoms with E-state index in [1.54, 1.807) is 0 Å². The molecular weight excluding hydrogens is 256 g/mol. The molecule has 0 bridgehead atoms. The van der Waals surface area contributed by atoms with E-state index in [1.165, 1.54) is 12.2 Å². The van der Waals surface area contributed by atoms with Crippen molar-refractivity contribution in [2.75, 3.05) is 24.6 Å². The van der Waals surface area contributed by atoms with E-state index in [4.69, 9.17) is 5.73 Å². The summed E-state index contributed by atoms with van der Waals surface area (Å²) in [5.74, 6) is 2.47. The Morgan fingerprint density at radius 3 is 2.47 bits per heavy atom. The summed E-state index contributed by atoms with van der Waals surface area (Å²) in [5.41, 5.74) is 5.75. The van der Waals surface area contributed by atoms with Gasteiger partial charge in [-0.3, -0.25) is 4.79 Å². The van der Waals surface area contributed by atoms with Crippen molar-refractivity contribution in [1.82, 2.24) is 4.90 Å². The number of hydrogen-bond donors (Lipinski definition) is 1.